The fraction of sp³-hybridized carbons (Fsp3) is 0.375. The van der Waals surface area contributed by atoms with Crippen molar-refractivity contribution in [2.24, 2.45) is 0 Å². The lowest BCUT2D eigenvalue weighted by Gasteiger charge is -2.10. The van der Waals surface area contributed by atoms with Gasteiger partial charge in [0.15, 0.2) is 0 Å². The zero-order chi connectivity index (χ0) is 14.7. The van der Waals surface area contributed by atoms with Gasteiger partial charge in [-0.3, -0.25) is 4.79 Å². The molecule has 0 aliphatic rings. The van der Waals surface area contributed by atoms with E-state index in [1.807, 2.05) is 22.9 Å². The number of aryl methyl sites for hydroxylation is 1. The molecule has 4 heteroatoms. The first-order chi connectivity index (χ1) is 9.51. The summed E-state index contributed by atoms with van der Waals surface area (Å²) in [6.45, 7) is 6.28. The van der Waals surface area contributed by atoms with Crippen molar-refractivity contribution in [2.75, 3.05) is 0 Å². The molecule has 1 aromatic heterocycles. The molecular weight excluding hydrogens is 252 g/mol. The van der Waals surface area contributed by atoms with Crippen molar-refractivity contribution in [3.8, 4) is 5.69 Å². The zero-order valence-electron chi connectivity index (χ0n) is 12.1. The largest absolute Gasteiger partial charge is 0.481 e. The number of carboxylic acid groups (broad SMARTS) is 1. The smallest absolute Gasteiger partial charge is 0.309 e. The van der Waals surface area contributed by atoms with E-state index in [0.29, 0.717) is 5.69 Å². The number of hydrogen-bond donors (Lipinski definition) is 1. The van der Waals surface area contributed by atoms with Crippen LogP contribution in [-0.4, -0.2) is 20.9 Å². The summed E-state index contributed by atoms with van der Waals surface area (Å²) in [6, 6.07) is 10.1. The molecule has 0 amide bonds. The van der Waals surface area contributed by atoms with Gasteiger partial charge in [0.1, 0.15) is 0 Å². The second kappa shape index (κ2) is 5.90. The van der Waals surface area contributed by atoms with Crippen molar-refractivity contribution in [2.45, 2.75) is 39.5 Å². The third-order valence-electron chi connectivity index (χ3n) is 3.30. The Morgan fingerprint density at radius 3 is 2.45 bits per heavy atom. The van der Waals surface area contributed by atoms with Crippen molar-refractivity contribution < 1.29 is 9.90 Å². The molecule has 1 N–H and O–H groups in total. The van der Waals surface area contributed by atoms with Gasteiger partial charge in [0.2, 0.25) is 0 Å². The summed E-state index contributed by atoms with van der Waals surface area (Å²) < 4.78 is 1.85. The van der Waals surface area contributed by atoms with Gasteiger partial charge >= 0.3 is 5.97 Å². The standard InChI is InChI=1S/C16H20N2O2/c1-4-12-5-7-14(8-6-12)18-15(11(2)3)9-13(17-18)10-16(19)20/h5-9,11H,4,10H2,1-3H3,(H,19,20). The quantitative estimate of drug-likeness (QED) is 0.909. The topological polar surface area (TPSA) is 55.1 Å². The van der Waals surface area contributed by atoms with Crippen LogP contribution in [0.15, 0.2) is 30.3 Å². The minimum absolute atomic E-state index is 0.0419. The lowest BCUT2D eigenvalue weighted by Crippen LogP contribution is -2.05. The van der Waals surface area contributed by atoms with Crippen LogP contribution in [0.1, 0.15) is 43.6 Å². The number of nitrogens with zero attached hydrogens (tertiary/aromatic N) is 2. The fourth-order valence-corrected chi connectivity index (χ4v) is 2.18. The molecule has 20 heavy (non-hydrogen) atoms. The summed E-state index contributed by atoms with van der Waals surface area (Å²) >= 11 is 0. The zero-order valence-corrected chi connectivity index (χ0v) is 12.1. The Balaban J connectivity index is 2.42. The molecule has 1 aromatic carbocycles. The monoisotopic (exact) mass is 272 g/mol. The Morgan fingerprint density at radius 1 is 1.30 bits per heavy atom. The molecule has 0 saturated heterocycles. The highest BCUT2D eigenvalue weighted by atomic mass is 16.4. The molecule has 0 bridgehead atoms. The molecule has 0 spiro atoms. The first kappa shape index (κ1) is 14.3. The first-order valence-electron chi connectivity index (χ1n) is 6.91. The first-order valence-corrected chi connectivity index (χ1v) is 6.91. The van der Waals surface area contributed by atoms with Crippen molar-refractivity contribution in [3.05, 3.63) is 47.3 Å². The second-order valence-electron chi connectivity index (χ2n) is 5.22. The number of aromatic nitrogens is 2. The fourth-order valence-electron chi connectivity index (χ4n) is 2.18. The van der Waals surface area contributed by atoms with E-state index in [-0.39, 0.29) is 12.3 Å². The number of benzene rings is 1. The van der Waals surface area contributed by atoms with Crippen LogP contribution in [0.4, 0.5) is 0 Å². The Bertz CT molecular complexity index is 597. The van der Waals surface area contributed by atoms with Gasteiger partial charge in [-0.25, -0.2) is 4.68 Å². The molecule has 0 radical (unpaired) electrons. The molecule has 0 unspecified atom stereocenters. The highest BCUT2D eigenvalue weighted by Gasteiger charge is 2.14. The molecule has 0 atom stereocenters. The summed E-state index contributed by atoms with van der Waals surface area (Å²) in [7, 11) is 0. The Labute approximate surface area is 119 Å². The van der Waals surface area contributed by atoms with E-state index in [2.05, 4.69) is 38.0 Å². The molecule has 2 aromatic rings. The minimum atomic E-state index is -0.855. The second-order valence-corrected chi connectivity index (χ2v) is 5.22. The van der Waals surface area contributed by atoms with Gasteiger partial charge in [-0.05, 0) is 36.1 Å². The highest BCUT2D eigenvalue weighted by Crippen LogP contribution is 2.21. The molecule has 0 aliphatic carbocycles. The van der Waals surface area contributed by atoms with Gasteiger partial charge in [0.05, 0.1) is 17.8 Å². The molecule has 4 nitrogen and oxygen atoms in total. The number of carboxylic acids is 1. The summed E-state index contributed by atoms with van der Waals surface area (Å²) in [4.78, 5) is 10.8. The molecular formula is C16H20N2O2. The maximum Gasteiger partial charge on any atom is 0.309 e. The molecule has 0 aliphatic heterocycles. The van der Waals surface area contributed by atoms with Crippen molar-refractivity contribution in [3.63, 3.8) is 0 Å². The van der Waals surface area contributed by atoms with Crippen LogP contribution < -0.4 is 0 Å². The van der Waals surface area contributed by atoms with Crippen molar-refractivity contribution in [1.82, 2.24) is 9.78 Å². The van der Waals surface area contributed by atoms with E-state index in [1.54, 1.807) is 0 Å². The summed E-state index contributed by atoms with van der Waals surface area (Å²) in [5, 5.41) is 13.3. The highest BCUT2D eigenvalue weighted by molar-refractivity contribution is 5.69. The molecule has 2 rings (SSSR count). The van der Waals surface area contributed by atoms with Gasteiger partial charge in [-0.2, -0.15) is 5.10 Å². The number of rotatable bonds is 5. The minimum Gasteiger partial charge on any atom is -0.481 e. The van der Waals surface area contributed by atoms with Crippen LogP contribution in [-0.2, 0) is 17.6 Å². The Kier molecular flexibility index (Phi) is 4.23. The average molecular weight is 272 g/mol. The van der Waals surface area contributed by atoms with Crippen LogP contribution in [0.5, 0.6) is 0 Å². The lowest BCUT2D eigenvalue weighted by molar-refractivity contribution is -0.136. The summed E-state index contributed by atoms with van der Waals surface area (Å²) in [5.74, 6) is -0.567. The molecule has 0 saturated carbocycles. The van der Waals surface area contributed by atoms with Crippen LogP contribution in [0.3, 0.4) is 0 Å². The van der Waals surface area contributed by atoms with Gasteiger partial charge in [0, 0.05) is 5.69 Å². The molecule has 0 fully saturated rings. The van der Waals surface area contributed by atoms with E-state index in [1.165, 1.54) is 5.56 Å². The van der Waals surface area contributed by atoms with Gasteiger partial charge in [0.25, 0.3) is 0 Å². The predicted molar refractivity (Wildman–Crippen MR) is 78.4 cm³/mol. The van der Waals surface area contributed by atoms with Crippen molar-refractivity contribution >= 4 is 5.97 Å². The van der Waals surface area contributed by atoms with Gasteiger partial charge in [-0.15, -0.1) is 0 Å². The predicted octanol–water partition coefficient (Wildman–Crippen LogP) is 3.19. The Hall–Kier alpha value is -2.10. The molecule has 1 heterocycles. The number of carbonyl (C=O) groups is 1. The van der Waals surface area contributed by atoms with Crippen molar-refractivity contribution in [1.29, 1.82) is 0 Å². The maximum atomic E-state index is 10.8. The summed E-state index contributed by atoms with van der Waals surface area (Å²) in [6.07, 6.45) is 0.959. The lowest BCUT2D eigenvalue weighted by atomic mass is 10.1. The Morgan fingerprint density at radius 2 is 1.95 bits per heavy atom. The van der Waals surface area contributed by atoms with Gasteiger partial charge < -0.3 is 5.11 Å². The van der Waals surface area contributed by atoms with E-state index < -0.39 is 5.97 Å². The van der Waals surface area contributed by atoms with E-state index in [4.69, 9.17) is 5.11 Å². The maximum absolute atomic E-state index is 10.8. The number of hydrogen-bond acceptors (Lipinski definition) is 2. The van der Waals surface area contributed by atoms with Crippen LogP contribution in [0, 0.1) is 0 Å². The third kappa shape index (κ3) is 3.07. The van der Waals surface area contributed by atoms with Crippen LogP contribution >= 0.6 is 0 Å². The van der Waals surface area contributed by atoms with Crippen LogP contribution in [0.25, 0.3) is 5.69 Å². The van der Waals surface area contributed by atoms with E-state index in [9.17, 15) is 4.79 Å². The number of aliphatic carboxylic acids is 1. The third-order valence-corrected chi connectivity index (χ3v) is 3.30. The average Bonchev–Trinajstić information content (AvgIpc) is 2.82. The van der Waals surface area contributed by atoms with Crippen LogP contribution in [0.2, 0.25) is 0 Å². The SMILES string of the molecule is CCc1ccc(-n2nc(CC(=O)O)cc2C(C)C)cc1. The van der Waals surface area contributed by atoms with Gasteiger partial charge in [-0.1, -0.05) is 32.9 Å². The molecule has 106 valence electrons. The normalized spacial score (nSPS) is 11.0. The van der Waals surface area contributed by atoms with E-state index in [0.717, 1.165) is 17.8 Å². The summed E-state index contributed by atoms with van der Waals surface area (Å²) in [5.41, 5.74) is 3.88. The van der Waals surface area contributed by atoms with E-state index >= 15 is 0 Å².